The topological polar surface area (TPSA) is 0 Å². The predicted octanol–water partition coefficient (Wildman–Crippen LogP) is 2.55. The van der Waals surface area contributed by atoms with Gasteiger partial charge in [-0.05, 0) is 11.8 Å². The maximum Gasteiger partial charge on any atom is 0.262 e. The number of rotatable bonds is 1. The Labute approximate surface area is 66.0 Å². The van der Waals surface area contributed by atoms with Gasteiger partial charge in [-0.15, -0.1) is 6.42 Å². The molecule has 11 heavy (non-hydrogen) atoms. The van der Waals surface area contributed by atoms with Crippen LogP contribution in [-0.2, 0) is 0 Å². The van der Waals surface area contributed by atoms with Crippen LogP contribution >= 0.6 is 0 Å². The van der Waals surface area contributed by atoms with E-state index in [0.717, 1.165) is 0 Å². The summed E-state index contributed by atoms with van der Waals surface area (Å²) >= 11 is 0. The summed E-state index contributed by atoms with van der Waals surface area (Å²) in [6.45, 7) is 3.87. The lowest BCUT2D eigenvalue weighted by atomic mass is 9.65. The first-order valence-electron chi connectivity index (χ1n) is 3.83. The van der Waals surface area contributed by atoms with E-state index >= 15 is 0 Å². The van der Waals surface area contributed by atoms with Crippen LogP contribution < -0.4 is 0 Å². The summed E-state index contributed by atoms with van der Waals surface area (Å²) in [5.74, 6) is -0.941. The van der Waals surface area contributed by atoms with Crippen LogP contribution in [0.25, 0.3) is 0 Å². The second-order valence-electron chi connectivity index (χ2n) is 3.52. The van der Waals surface area contributed by atoms with Crippen molar-refractivity contribution in [2.24, 2.45) is 17.8 Å². The fourth-order valence-corrected chi connectivity index (χ4v) is 1.58. The molecular formula is C9H12F2. The molecule has 0 N–H and O–H groups in total. The van der Waals surface area contributed by atoms with Gasteiger partial charge in [0.05, 0.1) is 5.92 Å². The van der Waals surface area contributed by atoms with Crippen molar-refractivity contribution < 1.29 is 8.78 Å². The minimum absolute atomic E-state index is 0.0231. The van der Waals surface area contributed by atoms with E-state index in [9.17, 15) is 8.78 Å². The average molecular weight is 158 g/mol. The zero-order chi connectivity index (χ0) is 8.65. The van der Waals surface area contributed by atoms with Crippen LogP contribution in [0.3, 0.4) is 0 Å². The highest BCUT2D eigenvalue weighted by molar-refractivity contribution is 5.11. The van der Waals surface area contributed by atoms with Crippen LogP contribution in [0.4, 0.5) is 8.78 Å². The van der Waals surface area contributed by atoms with Crippen LogP contribution in [0, 0.1) is 30.1 Å². The second-order valence-corrected chi connectivity index (χ2v) is 3.52. The molecular weight excluding hydrogens is 146 g/mol. The van der Waals surface area contributed by atoms with E-state index in [1.807, 2.05) is 13.8 Å². The normalized spacial score (nSPS) is 34.5. The van der Waals surface area contributed by atoms with Crippen LogP contribution in [0.2, 0.25) is 0 Å². The van der Waals surface area contributed by atoms with Gasteiger partial charge >= 0.3 is 0 Å². The molecule has 0 aromatic heterocycles. The minimum Gasteiger partial charge on any atom is -0.205 e. The number of terminal acetylenes is 1. The van der Waals surface area contributed by atoms with Gasteiger partial charge in [-0.1, -0.05) is 19.8 Å². The Morgan fingerprint density at radius 3 is 2.27 bits per heavy atom. The van der Waals surface area contributed by atoms with Gasteiger partial charge in [-0.3, -0.25) is 0 Å². The van der Waals surface area contributed by atoms with Gasteiger partial charge in [-0.25, -0.2) is 8.78 Å². The van der Waals surface area contributed by atoms with E-state index in [2.05, 4.69) is 5.92 Å². The molecule has 0 radical (unpaired) electrons. The van der Waals surface area contributed by atoms with E-state index in [-0.39, 0.29) is 18.3 Å². The zero-order valence-electron chi connectivity index (χ0n) is 6.77. The average Bonchev–Trinajstić information content (AvgIpc) is 1.84. The van der Waals surface area contributed by atoms with E-state index in [1.165, 1.54) is 0 Å². The minimum atomic E-state index is -2.59. The molecule has 62 valence electrons. The van der Waals surface area contributed by atoms with Gasteiger partial charge in [0, 0.05) is 6.42 Å². The first-order valence-corrected chi connectivity index (χ1v) is 3.83. The predicted molar refractivity (Wildman–Crippen MR) is 40.2 cm³/mol. The Hall–Kier alpha value is -0.580. The number of alkyl halides is 2. The number of hydrogen-bond acceptors (Lipinski definition) is 0. The monoisotopic (exact) mass is 158 g/mol. The summed E-state index contributed by atoms with van der Waals surface area (Å²) in [5.41, 5.74) is 0. The third-order valence-electron chi connectivity index (χ3n) is 2.43. The van der Waals surface area contributed by atoms with E-state index in [0.29, 0.717) is 0 Å². The van der Waals surface area contributed by atoms with Crippen molar-refractivity contribution in [2.45, 2.75) is 26.2 Å². The van der Waals surface area contributed by atoms with Crippen molar-refractivity contribution >= 4 is 0 Å². The molecule has 1 fully saturated rings. The molecule has 1 aliphatic rings. The highest BCUT2D eigenvalue weighted by Gasteiger charge is 2.55. The van der Waals surface area contributed by atoms with Crippen molar-refractivity contribution in [3.8, 4) is 12.3 Å². The molecule has 2 unspecified atom stereocenters. The van der Waals surface area contributed by atoms with Gasteiger partial charge in [0.25, 0.3) is 5.92 Å². The van der Waals surface area contributed by atoms with Crippen molar-refractivity contribution in [3.05, 3.63) is 0 Å². The Morgan fingerprint density at radius 1 is 1.55 bits per heavy atom. The highest BCUT2D eigenvalue weighted by Crippen LogP contribution is 2.50. The summed E-state index contributed by atoms with van der Waals surface area (Å²) in [6, 6.07) is 0. The molecule has 0 aromatic rings. The van der Waals surface area contributed by atoms with Crippen molar-refractivity contribution in [3.63, 3.8) is 0 Å². The first kappa shape index (κ1) is 8.52. The third kappa shape index (κ3) is 1.24. The van der Waals surface area contributed by atoms with E-state index in [4.69, 9.17) is 6.42 Å². The third-order valence-corrected chi connectivity index (χ3v) is 2.43. The Morgan fingerprint density at radius 2 is 2.09 bits per heavy atom. The second kappa shape index (κ2) is 2.48. The molecule has 2 heteroatoms. The van der Waals surface area contributed by atoms with Crippen LogP contribution in [0.15, 0.2) is 0 Å². The molecule has 0 bridgehead atoms. The number of halogens is 2. The summed E-state index contributed by atoms with van der Waals surface area (Å²) in [7, 11) is 0. The molecule has 0 aliphatic heterocycles. The van der Waals surface area contributed by atoms with Gasteiger partial charge in [0.15, 0.2) is 0 Å². The molecule has 0 nitrogen and oxygen atoms in total. The summed E-state index contributed by atoms with van der Waals surface area (Å²) in [4.78, 5) is 0. The van der Waals surface area contributed by atoms with Crippen molar-refractivity contribution in [1.82, 2.24) is 0 Å². The smallest absolute Gasteiger partial charge is 0.205 e. The summed E-state index contributed by atoms with van der Waals surface area (Å²) < 4.78 is 25.3. The maximum absolute atomic E-state index is 12.7. The van der Waals surface area contributed by atoms with Gasteiger partial charge in [0.1, 0.15) is 0 Å². The number of hydrogen-bond donors (Lipinski definition) is 0. The fourth-order valence-electron chi connectivity index (χ4n) is 1.58. The van der Waals surface area contributed by atoms with E-state index < -0.39 is 11.8 Å². The van der Waals surface area contributed by atoms with E-state index in [1.54, 1.807) is 0 Å². The molecule has 0 amide bonds. The maximum atomic E-state index is 12.7. The standard InChI is InChI=1S/C9H12F2/c1-4-8-7(6(2)3)5-9(8,10)11/h1,6-8H,5H2,2-3H3. The SMILES string of the molecule is C#CC1C(C(C)C)CC1(F)F. The lowest BCUT2D eigenvalue weighted by Crippen LogP contribution is -2.48. The molecule has 0 aromatic carbocycles. The zero-order valence-corrected chi connectivity index (χ0v) is 6.77. The Balaban J connectivity index is 2.62. The van der Waals surface area contributed by atoms with Crippen LogP contribution in [0.5, 0.6) is 0 Å². The largest absolute Gasteiger partial charge is 0.262 e. The lowest BCUT2D eigenvalue weighted by molar-refractivity contribution is -0.160. The Bertz CT molecular complexity index is 188. The quantitative estimate of drug-likeness (QED) is 0.514. The fraction of sp³-hybridized carbons (Fsp3) is 0.778. The molecule has 1 rings (SSSR count). The Kier molecular flexibility index (Phi) is 1.92. The lowest BCUT2D eigenvalue weighted by Gasteiger charge is -2.43. The first-order chi connectivity index (χ1) is 4.99. The van der Waals surface area contributed by atoms with Crippen LogP contribution in [-0.4, -0.2) is 5.92 Å². The molecule has 0 saturated heterocycles. The molecule has 1 aliphatic carbocycles. The summed E-state index contributed by atoms with van der Waals surface area (Å²) in [6.07, 6.45) is 4.98. The molecule has 0 spiro atoms. The molecule has 1 saturated carbocycles. The highest BCUT2D eigenvalue weighted by atomic mass is 19.3. The summed E-state index contributed by atoms with van der Waals surface area (Å²) in [5, 5.41) is 0. The van der Waals surface area contributed by atoms with Gasteiger partial charge in [0.2, 0.25) is 0 Å². The van der Waals surface area contributed by atoms with Crippen molar-refractivity contribution in [1.29, 1.82) is 0 Å². The van der Waals surface area contributed by atoms with Crippen molar-refractivity contribution in [2.75, 3.05) is 0 Å². The molecule has 2 atom stereocenters. The molecule has 0 heterocycles. The van der Waals surface area contributed by atoms with Gasteiger partial charge < -0.3 is 0 Å². The van der Waals surface area contributed by atoms with Gasteiger partial charge in [-0.2, -0.15) is 0 Å². The van der Waals surface area contributed by atoms with Crippen LogP contribution in [0.1, 0.15) is 20.3 Å².